The first-order valence-electron chi connectivity index (χ1n) is 6.29. The summed E-state index contributed by atoms with van der Waals surface area (Å²) in [5.41, 5.74) is 1.05. The first kappa shape index (κ1) is 13.8. The molecule has 0 N–H and O–H groups in total. The van der Waals surface area contributed by atoms with Gasteiger partial charge in [-0.2, -0.15) is 0 Å². The van der Waals surface area contributed by atoms with Crippen LogP contribution in [0.5, 0.6) is 5.75 Å². The second kappa shape index (κ2) is 7.10. The van der Waals surface area contributed by atoms with E-state index in [-0.39, 0.29) is 5.78 Å². The highest BCUT2D eigenvalue weighted by atomic mass is 16.5. The van der Waals surface area contributed by atoms with E-state index in [1.807, 2.05) is 24.3 Å². The quantitative estimate of drug-likeness (QED) is 0.673. The van der Waals surface area contributed by atoms with Gasteiger partial charge in [-0.1, -0.05) is 26.0 Å². The smallest absolute Gasteiger partial charge is 0.134 e. The van der Waals surface area contributed by atoms with E-state index < -0.39 is 0 Å². The van der Waals surface area contributed by atoms with Crippen LogP contribution in [0.25, 0.3) is 0 Å². The fraction of sp³-hybridized carbons (Fsp3) is 0.533. The first-order chi connectivity index (χ1) is 8.08. The summed E-state index contributed by atoms with van der Waals surface area (Å²) in [5.74, 6) is 1.81. The van der Waals surface area contributed by atoms with E-state index in [4.69, 9.17) is 4.74 Å². The van der Waals surface area contributed by atoms with Crippen LogP contribution in [0.2, 0.25) is 0 Å². The lowest BCUT2D eigenvalue weighted by atomic mass is 10.1. The van der Waals surface area contributed by atoms with E-state index in [1.54, 1.807) is 6.92 Å². The number of carbonyl (C=O) groups is 1. The molecule has 1 aromatic carbocycles. The Hall–Kier alpha value is -1.31. The number of ketones is 1. The van der Waals surface area contributed by atoms with Gasteiger partial charge in [0, 0.05) is 6.42 Å². The van der Waals surface area contributed by atoms with Gasteiger partial charge >= 0.3 is 0 Å². The Kier molecular flexibility index (Phi) is 5.75. The summed E-state index contributed by atoms with van der Waals surface area (Å²) in [5, 5.41) is 0. The van der Waals surface area contributed by atoms with Crippen molar-refractivity contribution in [2.45, 2.75) is 40.0 Å². The summed E-state index contributed by atoms with van der Waals surface area (Å²) in [6.07, 6.45) is 2.79. The zero-order valence-corrected chi connectivity index (χ0v) is 11.0. The lowest BCUT2D eigenvalue weighted by Gasteiger charge is -2.08. The van der Waals surface area contributed by atoms with Crippen LogP contribution in [0.4, 0.5) is 0 Å². The number of carbonyl (C=O) groups excluding carboxylic acids is 1. The minimum atomic E-state index is 0.190. The largest absolute Gasteiger partial charge is 0.494 e. The molecule has 94 valence electrons. The van der Waals surface area contributed by atoms with Gasteiger partial charge in [0.25, 0.3) is 0 Å². The highest BCUT2D eigenvalue weighted by molar-refractivity contribution is 5.78. The second-order valence-corrected chi connectivity index (χ2v) is 4.91. The molecule has 0 radical (unpaired) electrons. The Morgan fingerprint density at radius 2 is 1.88 bits per heavy atom. The van der Waals surface area contributed by atoms with Gasteiger partial charge in [-0.15, -0.1) is 0 Å². The molecule has 0 saturated carbocycles. The molecule has 0 bridgehead atoms. The van der Waals surface area contributed by atoms with E-state index in [0.717, 1.165) is 30.3 Å². The zero-order valence-electron chi connectivity index (χ0n) is 11.0. The predicted octanol–water partition coefficient (Wildman–Crippen LogP) is 3.63. The van der Waals surface area contributed by atoms with Crippen molar-refractivity contribution in [3.63, 3.8) is 0 Å². The molecule has 0 fully saturated rings. The monoisotopic (exact) mass is 234 g/mol. The topological polar surface area (TPSA) is 26.3 Å². The third-order valence-electron chi connectivity index (χ3n) is 2.57. The number of hydrogen-bond acceptors (Lipinski definition) is 2. The van der Waals surface area contributed by atoms with Gasteiger partial charge in [-0.25, -0.2) is 0 Å². The summed E-state index contributed by atoms with van der Waals surface area (Å²) in [7, 11) is 0. The summed E-state index contributed by atoms with van der Waals surface area (Å²) in [6.45, 7) is 6.81. The minimum absolute atomic E-state index is 0.190. The van der Waals surface area contributed by atoms with Crippen LogP contribution in [0.1, 0.15) is 39.2 Å². The van der Waals surface area contributed by atoms with Gasteiger partial charge in [-0.3, -0.25) is 4.79 Å². The fourth-order valence-electron chi connectivity index (χ4n) is 1.67. The summed E-state index contributed by atoms with van der Waals surface area (Å²) in [6, 6.07) is 7.79. The zero-order chi connectivity index (χ0) is 12.7. The van der Waals surface area contributed by atoms with Crippen molar-refractivity contribution in [1.82, 2.24) is 0 Å². The van der Waals surface area contributed by atoms with E-state index in [9.17, 15) is 4.79 Å². The highest BCUT2D eigenvalue weighted by Crippen LogP contribution is 2.14. The van der Waals surface area contributed by atoms with Crippen LogP contribution < -0.4 is 4.74 Å². The molecule has 0 aliphatic heterocycles. The Balaban J connectivity index is 2.32. The lowest BCUT2D eigenvalue weighted by molar-refractivity contribution is -0.116. The van der Waals surface area contributed by atoms with Crippen LogP contribution in [-0.4, -0.2) is 12.4 Å². The van der Waals surface area contributed by atoms with Crippen molar-refractivity contribution in [3.8, 4) is 5.75 Å². The van der Waals surface area contributed by atoms with E-state index in [2.05, 4.69) is 13.8 Å². The van der Waals surface area contributed by atoms with E-state index in [1.165, 1.54) is 6.42 Å². The van der Waals surface area contributed by atoms with Crippen LogP contribution >= 0.6 is 0 Å². The number of Topliss-reactive ketones (excluding diaryl/α,β-unsaturated/α-hetero) is 1. The maximum absolute atomic E-state index is 10.9. The van der Waals surface area contributed by atoms with Gasteiger partial charge < -0.3 is 4.74 Å². The lowest BCUT2D eigenvalue weighted by Crippen LogP contribution is -2.00. The second-order valence-electron chi connectivity index (χ2n) is 4.91. The molecule has 2 nitrogen and oxygen atoms in total. The molecule has 0 aliphatic carbocycles. The van der Waals surface area contributed by atoms with Crippen molar-refractivity contribution in [3.05, 3.63) is 29.8 Å². The molecular weight excluding hydrogens is 212 g/mol. The average Bonchev–Trinajstić information content (AvgIpc) is 2.25. The molecule has 1 rings (SSSR count). The van der Waals surface area contributed by atoms with Crippen LogP contribution in [0.3, 0.4) is 0 Å². The molecule has 0 spiro atoms. The first-order valence-corrected chi connectivity index (χ1v) is 6.29. The van der Waals surface area contributed by atoms with E-state index >= 15 is 0 Å². The summed E-state index contributed by atoms with van der Waals surface area (Å²) < 4.78 is 5.63. The van der Waals surface area contributed by atoms with Gasteiger partial charge in [0.2, 0.25) is 0 Å². The van der Waals surface area contributed by atoms with Gasteiger partial charge in [0.15, 0.2) is 0 Å². The van der Waals surface area contributed by atoms with Crippen molar-refractivity contribution in [2.24, 2.45) is 5.92 Å². The molecule has 0 atom stereocenters. The van der Waals surface area contributed by atoms with Crippen molar-refractivity contribution in [1.29, 1.82) is 0 Å². The molecule has 0 aromatic heterocycles. The highest BCUT2D eigenvalue weighted by Gasteiger charge is 1.99. The molecular formula is C15H22O2. The number of hydrogen-bond donors (Lipinski definition) is 0. The third kappa shape index (κ3) is 6.10. The molecule has 2 heteroatoms. The minimum Gasteiger partial charge on any atom is -0.494 e. The Morgan fingerprint density at radius 1 is 1.24 bits per heavy atom. The molecule has 0 saturated heterocycles. The fourth-order valence-corrected chi connectivity index (χ4v) is 1.67. The molecule has 0 unspecified atom stereocenters. The SMILES string of the molecule is CC(=O)Cc1ccc(OCCCC(C)C)cc1. The van der Waals surface area contributed by atoms with Gasteiger partial charge in [0.05, 0.1) is 6.61 Å². The summed E-state index contributed by atoms with van der Waals surface area (Å²) >= 11 is 0. The Labute approximate surface area is 104 Å². The normalized spacial score (nSPS) is 10.6. The average molecular weight is 234 g/mol. The van der Waals surface area contributed by atoms with Gasteiger partial charge in [0.1, 0.15) is 11.5 Å². The van der Waals surface area contributed by atoms with E-state index in [0.29, 0.717) is 6.42 Å². The Bertz CT molecular complexity index is 338. The predicted molar refractivity (Wildman–Crippen MR) is 70.4 cm³/mol. The van der Waals surface area contributed by atoms with Crippen molar-refractivity contribution >= 4 is 5.78 Å². The molecule has 17 heavy (non-hydrogen) atoms. The Morgan fingerprint density at radius 3 is 2.41 bits per heavy atom. The molecule has 0 heterocycles. The summed E-state index contributed by atoms with van der Waals surface area (Å²) in [4.78, 5) is 10.9. The molecule has 0 aliphatic rings. The maximum atomic E-state index is 10.9. The maximum Gasteiger partial charge on any atom is 0.134 e. The third-order valence-corrected chi connectivity index (χ3v) is 2.57. The van der Waals surface area contributed by atoms with Crippen LogP contribution in [0.15, 0.2) is 24.3 Å². The standard InChI is InChI=1S/C15H22O2/c1-12(2)5-4-10-17-15-8-6-14(7-9-15)11-13(3)16/h6-9,12H,4-5,10-11H2,1-3H3. The molecule has 0 amide bonds. The van der Waals surface area contributed by atoms with Crippen molar-refractivity contribution < 1.29 is 9.53 Å². The van der Waals surface area contributed by atoms with Crippen LogP contribution in [0, 0.1) is 5.92 Å². The number of ether oxygens (including phenoxy) is 1. The van der Waals surface area contributed by atoms with Crippen molar-refractivity contribution in [2.75, 3.05) is 6.61 Å². The van der Waals surface area contributed by atoms with Gasteiger partial charge in [-0.05, 0) is 43.4 Å². The molecule has 1 aromatic rings. The van der Waals surface area contributed by atoms with Crippen LogP contribution in [-0.2, 0) is 11.2 Å². The number of benzene rings is 1. The number of rotatable bonds is 7.